The zero-order valence-electron chi connectivity index (χ0n) is 9.66. The van der Waals surface area contributed by atoms with Gasteiger partial charge in [-0.1, -0.05) is 6.58 Å². The lowest BCUT2D eigenvalue weighted by Gasteiger charge is -2.14. The molecule has 0 aliphatic rings. The quantitative estimate of drug-likeness (QED) is 0.716. The molecule has 0 radical (unpaired) electrons. The van der Waals surface area contributed by atoms with Crippen molar-refractivity contribution in [3.05, 3.63) is 30.1 Å². The van der Waals surface area contributed by atoms with Gasteiger partial charge < -0.3 is 14.2 Å². The third-order valence-electron chi connectivity index (χ3n) is 1.99. The third kappa shape index (κ3) is 3.21. The first-order valence-corrected chi connectivity index (χ1v) is 4.79. The van der Waals surface area contributed by atoms with Gasteiger partial charge in [-0.15, -0.1) is 0 Å². The largest absolute Gasteiger partial charge is 0.493 e. The summed E-state index contributed by atoms with van der Waals surface area (Å²) < 4.78 is 27.8. The van der Waals surface area contributed by atoms with Gasteiger partial charge in [-0.05, 0) is 12.1 Å². The molecule has 1 aromatic rings. The summed E-state index contributed by atoms with van der Waals surface area (Å²) >= 11 is 0. The summed E-state index contributed by atoms with van der Waals surface area (Å²) in [5, 5.41) is 0. The molecule has 1 aromatic carbocycles. The summed E-state index contributed by atoms with van der Waals surface area (Å²) in [5.74, 6) is 0.216. The molecule has 0 spiro atoms. The van der Waals surface area contributed by atoms with Crippen molar-refractivity contribution in [2.45, 2.75) is 0 Å². The first-order chi connectivity index (χ1) is 8.12. The first kappa shape index (κ1) is 13.0. The van der Waals surface area contributed by atoms with E-state index in [0.717, 1.165) is 0 Å². The average Bonchev–Trinajstić information content (AvgIpc) is 2.34. The number of carbonyl (C=O) groups is 1. The molecule has 0 N–H and O–H groups in total. The Hall–Kier alpha value is -2.04. The number of rotatable bonds is 6. The lowest BCUT2D eigenvalue weighted by atomic mass is 10.2. The normalized spacial score (nSPS) is 9.59. The first-order valence-electron chi connectivity index (χ1n) is 4.79. The van der Waals surface area contributed by atoms with Gasteiger partial charge in [0.25, 0.3) is 0 Å². The highest BCUT2D eigenvalue weighted by atomic mass is 19.1. The van der Waals surface area contributed by atoms with Crippen molar-refractivity contribution in [2.75, 3.05) is 20.8 Å². The van der Waals surface area contributed by atoms with Crippen LogP contribution in [0.15, 0.2) is 24.5 Å². The van der Waals surface area contributed by atoms with E-state index < -0.39 is 5.83 Å². The summed E-state index contributed by atoms with van der Waals surface area (Å²) in [6.45, 7) is 2.79. The van der Waals surface area contributed by atoms with Gasteiger partial charge in [0.1, 0.15) is 18.7 Å². The smallest absolute Gasteiger partial charge is 0.203 e. The Balaban J connectivity index is 3.14. The van der Waals surface area contributed by atoms with Crippen molar-refractivity contribution in [1.82, 2.24) is 0 Å². The molecule has 0 heterocycles. The topological polar surface area (TPSA) is 44.8 Å². The van der Waals surface area contributed by atoms with Crippen LogP contribution in [0.2, 0.25) is 0 Å². The van der Waals surface area contributed by atoms with Crippen LogP contribution in [-0.4, -0.2) is 27.1 Å². The molecule has 0 bridgehead atoms. The van der Waals surface area contributed by atoms with Crippen LogP contribution in [0.3, 0.4) is 0 Å². The maximum atomic E-state index is 12.5. The maximum Gasteiger partial charge on any atom is 0.203 e. The lowest BCUT2D eigenvalue weighted by molar-refractivity contribution is 0.112. The fourth-order valence-corrected chi connectivity index (χ4v) is 1.26. The zero-order chi connectivity index (χ0) is 12.8. The van der Waals surface area contributed by atoms with Crippen LogP contribution in [0.25, 0.3) is 0 Å². The Morgan fingerprint density at radius 2 is 1.88 bits per heavy atom. The van der Waals surface area contributed by atoms with Crippen LogP contribution in [0.1, 0.15) is 10.4 Å². The van der Waals surface area contributed by atoms with E-state index in [2.05, 4.69) is 6.58 Å². The van der Waals surface area contributed by atoms with Crippen molar-refractivity contribution in [3.63, 3.8) is 0 Å². The van der Waals surface area contributed by atoms with E-state index in [0.29, 0.717) is 23.3 Å². The van der Waals surface area contributed by atoms with E-state index in [9.17, 15) is 9.18 Å². The second kappa shape index (κ2) is 5.89. The van der Waals surface area contributed by atoms with Crippen molar-refractivity contribution in [3.8, 4) is 17.2 Å². The molecule has 0 unspecified atom stereocenters. The SMILES string of the molecule is C=C(F)COc1c(OC)cc(C=O)cc1OC. The minimum Gasteiger partial charge on any atom is -0.493 e. The van der Waals surface area contributed by atoms with Crippen LogP contribution in [0.5, 0.6) is 17.2 Å². The molecule has 1 rings (SSSR count). The zero-order valence-corrected chi connectivity index (χ0v) is 9.66. The van der Waals surface area contributed by atoms with E-state index in [1.165, 1.54) is 26.4 Å². The van der Waals surface area contributed by atoms with Crippen molar-refractivity contribution in [2.24, 2.45) is 0 Å². The van der Waals surface area contributed by atoms with Crippen LogP contribution in [0.4, 0.5) is 4.39 Å². The molecule has 17 heavy (non-hydrogen) atoms. The fraction of sp³-hybridized carbons (Fsp3) is 0.250. The molecule has 0 saturated carbocycles. The Kier molecular flexibility index (Phi) is 4.51. The predicted molar refractivity (Wildman–Crippen MR) is 60.7 cm³/mol. The molecular weight excluding hydrogens is 227 g/mol. The van der Waals surface area contributed by atoms with Gasteiger partial charge in [0.05, 0.1) is 14.2 Å². The number of carbonyl (C=O) groups excluding carboxylic acids is 1. The number of hydrogen-bond acceptors (Lipinski definition) is 4. The van der Waals surface area contributed by atoms with Crippen molar-refractivity contribution in [1.29, 1.82) is 0 Å². The number of hydrogen-bond donors (Lipinski definition) is 0. The number of methoxy groups -OCH3 is 2. The molecule has 0 aromatic heterocycles. The minimum atomic E-state index is -0.617. The molecule has 0 amide bonds. The second-order valence-corrected chi connectivity index (χ2v) is 3.18. The van der Waals surface area contributed by atoms with E-state index >= 15 is 0 Å². The maximum absolute atomic E-state index is 12.5. The van der Waals surface area contributed by atoms with Crippen LogP contribution in [0, 0.1) is 0 Å². The Bertz CT molecular complexity index is 404. The van der Waals surface area contributed by atoms with Crippen LogP contribution >= 0.6 is 0 Å². The number of aldehydes is 1. The highest BCUT2D eigenvalue weighted by molar-refractivity contribution is 5.78. The van der Waals surface area contributed by atoms with Gasteiger partial charge in [0.15, 0.2) is 11.5 Å². The predicted octanol–water partition coefficient (Wildman–Crippen LogP) is 2.38. The summed E-state index contributed by atoms with van der Waals surface area (Å²) in [6.07, 6.45) is 0.656. The number of benzene rings is 1. The van der Waals surface area contributed by atoms with Gasteiger partial charge >= 0.3 is 0 Å². The van der Waals surface area contributed by atoms with E-state index in [-0.39, 0.29) is 12.4 Å². The van der Waals surface area contributed by atoms with E-state index in [1.54, 1.807) is 0 Å². The molecule has 92 valence electrons. The van der Waals surface area contributed by atoms with Gasteiger partial charge in [-0.2, -0.15) is 0 Å². The van der Waals surface area contributed by atoms with Crippen molar-refractivity contribution >= 4 is 6.29 Å². The Morgan fingerprint density at radius 3 is 2.24 bits per heavy atom. The van der Waals surface area contributed by atoms with Crippen LogP contribution < -0.4 is 14.2 Å². The van der Waals surface area contributed by atoms with Gasteiger partial charge in [-0.25, -0.2) is 4.39 Å². The van der Waals surface area contributed by atoms with Crippen LogP contribution in [-0.2, 0) is 0 Å². The standard InChI is InChI=1S/C12H13FO4/c1-8(13)7-17-12-10(15-2)4-9(6-14)5-11(12)16-3/h4-6H,1,7H2,2-3H3. The molecule has 5 heteroatoms. The van der Waals surface area contributed by atoms with Crippen molar-refractivity contribution < 1.29 is 23.4 Å². The second-order valence-electron chi connectivity index (χ2n) is 3.18. The third-order valence-corrected chi connectivity index (χ3v) is 1.99. The summed E-state index contributed by atoms with van der Waals surface area (Å²) in [4.78, 5) is 10.7. The summed E-state index contributed by atoms with van der Waals surface area (Å²) in [6, 6.07) is 2.96. The monoisotopic (exact) mass is 240 g/mol. The van der Waals surface area contributed by atoms with Gasteiger partial charge in [0, 0.05) is 5.56 Å². The molecule has 0 atom stereocenters. The van der Waals surface area contributed by atoms with E-state index in [1.807, 2.05) is 0 Å². The average molecular weight is 240 g/mol. The highest BCUT2D eigenvalue weighted by Crippen LogP contribution is 2.38. The van der Waals surface area contributed by atoms with Gasteiger partial charge in [-0.3, -0.25) is 4.79 Å². The molecule has 0 aliphatic carbocycles. The summed E-state index contributed by atoms with van der Waals surface area (Å²) in [5.41, 5.74) is 0.380. The Labute approximate surface area is 98.6 Å². The summed E-state index contributed by atoms with van der Waals surface area (Å²) in [7, 11) is 2.83. The van der Waals surface area contributed by atoms with Gasteiger partial charge in [0.2, 0.25) is 5.75 Å². The number of halogens is 1. The molecule has 0 saturated heterocycles. The molecule has 0 aliphatic heterocycles. The van der Waals surface area contributed by atoms with E-state index in [4.69, 9.17) is 14.2 Å². The fourth-order valence-electron chi connectivity index (χ4n) is 1.26. The molecular formula is C12H13FO4. The number of ether oxygens (including phenoxy) is 3. The lowest BCUT2D eigenvalue weighted by Crippen LogP contribution is -2.02. The molecule has 4 nitrogen and oxygen atoms in total. The minimum absolute atomic E-state index is 0.236. The highest BCUT2D eigenvalue weighted by Gasteiger charge is 2.14. The Morgan fingerprint density at radius 1 is 1.35 bits per heavy atom. The molecule has 0 fully saturated rings.